The Labute approximate surface area is 78.0 Å². The number of hydrogen-bond donors (Lipinski definition) is 1. The van der Waals surface area contributed by atoms with Crippen LogP contribution in [0.1, 0.15) is 11.1 Å². The van der Waals surface area contributed by atoms with Crippen molar-refractivity contribution < 1.29 is 4.39 Å². The molecule has 0 bridgehead atoms. The van der Waals surface area contributed by atoms with E-state index in [4.69, 9.17) is 0 Å². The van der Waals surface area contributed by atoms with Crippen LogP contribution in [0.3, 0.4) is 0 Å². The van der Waals surface area contributed by atoms with Gasteiger partial charge in [-0.2, -0.15) is 0 Å². The van der Waals surface area contributed by atoms with Crippen molar-refractivity contribution in [3.05, 3.63) is 35.1 Å². The molecule has 0 radical (unpaired) electrons. The van der Waals surface area contributed by atoms with E-state index in [1.807, 2.05) is 13.1 Å². The fourth-order valence-electron chi connectivity index (χ4n) is 0.971. The van der Waals surface area contributed by atoms with Gasteiger partial charge in [0, 0.05) is 11.1 Å². The molecule has 0 aliphatic heterocycles. The summed E-state index contributed by atoms with van der Waals surface area (Å²) < 4.78 is 13.0. The summed E-state index contributed by atoms with van der Waals surface area (Å²) in [5.41, 5.74) is 1.38. The minimum atomic E-state index is -0.198. The molecule has 0 saturated carbocycles. The van der Waals surface area contributed by atoms with Crippen molar-refractivity contribution in [1.82, 2.24) is 5.32 Å². The first kappa shape index (κ1) is 9.76. The molecule has 0 spiro atoms. The lowest BCUT2D eigenvalue weighted by Crippen LogP contribution is -2.04. The molecule has 0 aliphatic rings. The minimum absolute atomic E-state index is 0.198. The fourth-order valence-corrected chi connectivity index (χ4v) is 0.971. The maximum atomic E-state index is 13.0. The first-order valence-electron chi connectivity index (χ1n) is 4.14. The second kappa shape index (κ2) is 4.64. The third-order valence-corrected chi connectivity index (χ3v) is 1.76. The standard InChI is InChI=1S/C11H12FN/c1-9-10(6-4-8-13-2)5-3-7-11(9)12/h3,5,7,13H,8H2,1-2H3. The van der Waals surface area contributed by atoms with Crippen LogP contribution in [0.25, 0.3) is 0 Å². The van der Waals surface area contributed by atoms with Gasteiger partial charge in [-0.3, -0.25) is 0 Å². The van der Waals surface area contributed by atoms with Gasteiger partial charge < -0.3 is 5.32 Å². The van der Waals surface area contributed by atoms with Crippen molar-refractivity contribution >= 4 is 0 Å². The van der Waals surface area contributed by atoms with E-state index in [1.165, 1.54) is 6.07 Å². The molecule has 13 heavy (non-hydrogen) atoms. The zero-order valence-electron chi connectivity index (χ0n) is 7.82. The Morgan fingerprint density at radius 2 is 2.23 bits per heavy atom. The van der Waals surface area contributed by atoms with E-state index in [0.29, 0.717) is 12.1 Å². The molecule has 0 unspecified atom stereocenters. The third-order valence-electron chi connectivity index (χ3n) is 1.76. The summed E-state index contributed by atoms with van der Waals surface area (Å²) in [6.07, 6.45) is 0. The lowest BCUT2D eigenvalue weighted by Gasteiger charge is -1.97. The molecule has 0 fully saturated rings. The van der Waals surface area contributed by atoms with Crippen molar-refractivity contribution in [3.63, 3.8) is 0 Å². The van der Waals surface area contributed by atoms with Gasteiger partial charge in [0.05, 0.1) is 6.54 Å². The van der Waals surface area contributed by atoms with Crippen molar-refractivity contribution in [2.45, 2.75) is 6.92 Å². The Balaban J connectivity index is 2.91. The SMILES string of the molecule is CNCC#Cc1cccc(F)c1C. The van der Waals surface area contributed by atoms with Gasteiger partial charge >= 0.3 is 0 Å². The van der Waals surface area contributed by atoms with Gasteiger partial charge in [-0.1, -0.05) is 17.9 Å². The van der Waals surface area contributed by atoms with Gasteiger partial charge in [0.15, 0.2) is 0 Å². The predicted octanol–water partition coefficient (Wildman–Crippen LogP) is 1.71. The predicted molar refractivity (Wildman–Crippen MR) is 51.9 cm³/mol. The summed E-state index contributed by atoms with van der Waals surface area (Å²) in [6, 6.07) is 4.94. The second-order valence-corrected chi connectivity index (χ2v) is 2.74. The van der Waals surface area contributed by atoms with Crippen LogP contribution in [-0.4, -0.2) is 13.6 Å². The highest BCUT2D eigenvalue weighted by Gasteiger charge is 1.98. The quantitative estimate of drug-likeness (QED) is 0.644. The summed E-state index contributed by atoms with van der Waals surface area (Å²) in [6.45, 7) is 2.36. The molecule has 2 heteroatoms. The molecule has 68 valence electrons. The fraction of sp³-hybridized carbons (Fsp3) is 0.273. The molecule has 0 heterocycles. The molecule has 0 saturated heterocycles. The molecule has 0 atom stereocenters. The molecule has 1 N–H and O–H groups in total. The van der Waals surface area contributed by atoms with Crippen LogP contribution in [0, 0.1) is 24.6 Å². The largest absolute Gasteiger partial charge is 0.309 e. The Kier molecular flexibility index (Phi) is 3.48. The van der Waals surface area contributed by atoms with Gasteiger partial charge in [0.25, 0.3) is 0 Å². The Morgan fingerprint density at radius 3 is 2.92 bits per heavy atom. The lowest BCUT2D eigenvalue weighted by atomic mass is 10.1. The first-order valence-corrected chi connectivity index (χ1v) is 4.14. The second-order valence-electron chi connectivity index (χ2n) is 2.74. The van der Waals surface area contributed by atoms with E-state index < -0.39 is 0 Å². The van der Waals surface area contributed by atoms with Gasteiger partial charge in [0.1, 0.15) is 5.82 Å². The number of rotatable bonds is 1. The lowest BCUT2D eigenvalue weighted by molar-refractivity contribution is 0.618. The summed E-state index contributed by atoms with van der Waals surface area (Å²) in [5, 5.41) is 2.90. The molecule has 0 aliphatic carbocycles. The van der Waals surface area contributed by atoms with E-state index in [2.05, 4.69) is 17.2 Å². The van der Waals surface area contributed by atoms with Gasteiger partial charge in [0.2, 0.25) is 0 Å². The smallest absolute Gasteiger partial charge is 0.127 e. The molecule has 1 rings (SSSR count). The molecule has 1 aromatic carbocycles. The normalized spacial score (nSPS) is 9.15. The molecule has 0 amide bonds. The average Bonchev–Trinajstić information content (AvgIpc) is 2.13. The van der Waals surface area contributed by atoms with Gasteiger partial charge in [-0.05, 0) is 26.1 Å². The van der Waals surface area contributed by atoms with E-state index in [9.17, 15) is 4.39 Å². The van der Waals surface area contributed by atoms with Crippen LogP contribution >= 0.6 is 0 Å². The Morgan fingerprint density at radius 1 is 1.46 bits per heavy atom. The van der Waals surface area contributed by atoms with E-state index in [1.54, 1.807) is 13.0 Å². The average molecular weight is 177 g/mol. The van der Waals surface area contributed by atoms with Crippen molar-refractivity contribution in [2.24, 2.45) is 0 Å². The molecule has 1 aromatic rings. The Bertz CT molecular complexity index is 347. The summed E-state index contributed by atoms with van der Waals surface area (Å²) in [7, 11) is 1.83. The number of nitrogens with one attached hydrogen (secondary N) is 1. The molecule has 0 aromatic heterocycles. The Hall–Kier alpha value is -1.33. The van der Waals surface area contributed by atoms with E-state index in [-0.39, 0.29) is 5.82 Å². The van der Waals surface area contributed by atoms with Crippen molar-refractivity contribution in [2.75, 3.05) is 13.6 Å². The topological polar surface area (TPSA) is 12.0 Å². The van der Waals surface area contributed by atoms with Crippen LogP contribution < -0.4 is 5.32 Å². The summed E-state index contributed by atoms with van der Waals surface area (Å²) in [5.74, 6) is 5.60. The van der Waals surface area contributed by atoms with Crippen LogP contribution in [-0.2, 0) is 0 Å². The molecular formula is C11H12FN. The maximum absolute atomic E-state index is 13.0. The summed E-state index contributed by atoms with van der Waals surface area (Å²) >= 11 is 0. The highest BCUT2D eigenvalue weighted by molar-refractivity contribution is 5.41. The molecular weight excluding hydrogens is 165 g/mol. The molecule has 1 nitrogen and oxygen atoms in total. The van der Waals surface area contributed by atoms with E-state index in [0.717, 1.165) is 5.56 Å². The van der Waals surface area contributed by atoms with E-state index >= 15 is 0 Å². The zero-order valence-corrected chi connectivity index (χ0v) is 7.82. The number of benzene rings is 1. The maximum Gasteiger partial charge on any atom is 0.127 e. The van der Waals surface area contributed by atoms with Crippen LogP contribution in [0.2, 0.25) is 0 Å². The highest BCUT2D eigenvalue weighted by Crippen LogP contribution is 2.10. The summed E-state index contributed by atoms with van der Waals surface area (Å²) in [4.78, 5) is 0. The van der Waals surface area contributed by atoms with Crippen molar-refractivity contribution in [3.8, 4) is 11.8 Å². The minimum Gasteiger partial charge on any atom is -0.309 e. The number of halogens is 1. The first-order chi connectivity index (χ1) is 6.25. The van der Waals surface area contributed by atoms with Gasteiger partial charge in [-0.15, -0.1) is 0 Å². The number of hydrogen-bond acceptors (Lipinski definition) is 1. The van der Waals surface area contributed by atoms with Crippen molar-refractivity contribution in [1.29, 1.82) is 0 Å². The van der Waals surface area contributed by atoms with Crippen LogP contribution in [0.4, 0.5) is 4.39 Å². The third kappa shape index (κ3) is 2.57. The zero-order chi connectivity index (χ0) is 9.68. The van der Waals surface area contributed by atoms with Crippen LogP contribution in [0.5, 0.6) is 0 Å². The van der Waals surface area contributed by atoms with Gasteiger partial charge in [-0.25, -0.2) is 4.39 Å². The van der Waals surface area contributed by atoms with Crippen LogP contribution in [0.15, 0.2) is 18.2 Å². The monoisotopic (exact) mass is 177 g/mol. The highest BCUT2D eigenvalue weighted by atomic mass is 19.1.